The number of nitrogens with one attached hydrogen (secondary N) is 1. The highest BCUT2D eigenvalue weighted by Crippen LogP contribution is 2.08. The molecule has 1 amide bonds. The molecule has 0 saturated heterocycles. The van der Waals surface area contributed by atoms with Crippen LogP contribution < -0.4 is 5.32 Å². The SMILES string of the molecule is CC(C)C(CBr)NC(=O)c1cccc(F)c1. The van der Waals surface area contributed by atoms with Crippen molar-refractivity contribution in [1.29, 1.82) is 0 Å². The third-order valence-electron chi connectivity index (χ3n) is 2.37. The minimum atomic E-state index is -0.396. The largest absolute Gasteiger partial charge is 0.348 e. The van der Waals surface area contributed by atoms with Crippen molar-refractivity contribution in [1.82, 2.24) is 5.32 Å². The van der Waals surface area contributed by atoms with Crippen molar-refractivity contribution < 1.29 is 9.18 Å². The molecule has 0 fully saturated rings. The van der Waals surface area contributed by atoms with Crippen LogP contribution in [0.15, 0.2) is 24.3 Å². The van der Waals surface area contributed by atoms with Gasteiger partial charge in [-0.25, -0.2) is 4.39 Å². The molecule has 0 heterocycles. The molecule has 0 aliphatic carbocycles. The third kappa shape index (κ3) is 3.59. The van der Waals surface area contributed by atoms with Gasteiger partial charge in [0.1, 0.15) is 5.82 Å². The first-order chi connectivity index (χ1) is 7.54. The summed E-state index contributed by atoms with van der Waals surface area (Å²) < 4.78 is 12.9. The van der Waals surface area contributed by atoms with E-state index in [0.29, 0.717) is 16.8 Å². The number of rotatable bonds is 4. The second-order valence-corrected chi connectivity index (χ2v) is 4.64. The quantitative estimate of drug-likeness (QED) is 0.848. The maximum Gasteiger partial charge on any atom is 0.251 e. The highest BCUT2D eigenvalue weighted by atomic mass is 79.9. The van der Waals surface area contributed by atoms with Gasteiger partial charge < -0.3 is 5.32 Å². The van der Waals surface area contributed by atoms with E-state index in [1.807, 2.05) is 13.8 Å². The standard InChI is InChI=1S/C12H15BrFNO/c1-8(2)11(7-13)15-12(16)9-4-3-5-10(14)6-9/h3-6,8,11H,7H2,1-2H3,(H,15,16). The van der Waals surface area contributed by atoms with E-state index < -0.39 is 5.82 Å². The van der Waals surface area contributed by atoms with E-state index in [2.05, 4.69) is 21.2 Å². The van der Waals surface area contributed by atoms with Crippen LogP contribution in [0.3, 0.4) is 0 Å². The van der Waals surface area contributed by atoms with Gasteiger partial charge in [-0.1, -0.05) is 35.8 Å². The first kappa shape index (κ1) is 13.2. The van der Waals surface area contributed by atoms with Crippen LogP contribution in [0.1, 0.15) is 24.2 Å². The van der Waals surface area contributed by atoms with Gasteiger partial charge in [-0.15, -0.1) is 0 Å². The summed E-state index contributed by atoms with van der Waals surface area (Å²) >= 11 is 3.34. The van der Waals surface area contributed by atoms with E-state index in [1.54, 1.807) is 6.07 Å². The van der Waals surface area contributed by atoms with Gasteiger partial charge in [0.2, 0.25) is 0 Å². The molecule has 4 heteroatoms. The monoisotopic (exact) mass is 287 g/mol. The van der Waals surface area contributed by atoms with Gasteiger partial charge in [0.15, 0.2) is 0 Å². The minimum absolute atomic E-state index is 0.0516. The Hall–Kier alpha value is -0.900. The van der Waals surface area contributed by atoms with Crippen molar-refractivity contribution >= 4 is 21.8 Å². The van der Waals surface area contributed by atoms with Gasteiger partial charge in [0, 0.05) is 16.9 Å². The zero-order valence-electron chi connectivity index (χ0n) is 9.34. The van der Waals surface area contributed by atoms with Gasteiger partial charge in [-0.2, -0.15) is 0 Å². The summed E-state index contributed by atoms with van der Waals surface area (Å²) in [6.07, 6.45) is 0. The van der Waals surface area contributed by atoms with Crippen molar-refractivity contribution in [2.24, 2.45) is 5.92 Å². The lowest BCUT2D eigenvalue weighted by Crippen LogP contribution is -2.39. The Bertz CT molecular complexity index is 368. The Morgan fingerprint density at radius 3 is 2.69 bits per heavy atom. The molecule has 1 rings (SSSR count). The zero-order chi connectivity index (χ0) is 12.1. The number of carbonyl (C=O) groups is 1. The summed E-state index contributed by atoms with van der Waals surface area (Å²) in [7, 11) is 0. The average Bonchev–Trinajstić information content (AvgIpc) is 2.25. The fourth-order valence-electron chi connectivity index (χ4n) is 1.26. The summed E-state index contributed by atoms with van der Waals surface area (Å²) in [6, 6.07) is 5.74. The van der Waals surface area contributed by atoms with Crippen LogP contribution in [0, 0.1) is 11.7 Å². The molecule has 0 aromatic heterocycles. The van der Waals surface area contributed by atoms with Gasteiger partial charge >= 0.3 is 0 Å². The fourth-order valence-corrected chi connectivity index (χ4v) is 2.17. The minimum Gasteiger partial charge on any atom is -0.348 e. The van der Waals surface area contributed by atoms with Gasteiger partial charge in [0.05, 0.1) is 0 Å². The van der Waals surface area contributed by atoms with E-state index in [0.717, 1.165) is 0 Å². The molecular formula is C12H15BrFNO. The highest BCUT2D eigenvalue weighted by Gasteiger charge is 2.15. The van der Waals surface area contributed by atoms with E-state index in [-0.39, 0.29) is 11.9 Å². The van der Waals surface area contributed by atoms with Gasteiger partial charge in [-0.3, -0.25) is 4.79 Å². The Morgan fingerprint density at radius 1 is 1.50 bits per heavy atom. The van der Waals surface area contributed by atoms with Gasteiger partial charge in [-0.05, 0) is 24.1 Å². The predicted molar refractivity (Wildman–Crippen MR) is 66.3 cm³/mol. The highest BCUT2D eigenvalue weighted by molar-refractivity contribution is 9.09. The second-order valence-electron chi connectivity index (χ2n) is 3.99. The summed E-state index contributed by atoms with van der Waals surface area (Å²) in [5.74, 6) is -0.304. The normalized spacial score (nSPS) is 12.6. The molecule has 0 bridgehead atoms. The lowest BCUT2D eigenvalue weighted by Gasteiger charge is -2.19. The molecular weight excluding hydrogens is 273 g/mol. The molecule has 1 N–H and O–H groups in total. The van der Waals surface area contributed by atoms with E-state index in [4.69, 9.17) is 0 Å². The van der Waals surface area contributed by atoms with Crippen LogP contribution in [-0.4, -0.2) is 17.3 Å². The summed E-state index contributed by atoms with van der Waals surface area (Å²) in [5, 5.41) is 3.54. The van der Waals surface area contributed by atoms with Crippen LogP contribution in [-0.2, 0) is 0 Å². The zero-order valence-corrected chi connectivity index (χ0v) is 10.9. The van der Waals surface area contributed by atoms with Crippen LogP contribution in [0.5, 0.6) is 0 Å². The molecule has 2 nitrogen and oxygen atoms in total. The molecule has 1 aromatic rings. The fraction of sp³-hybridized carbons (Fsp3) is 0.417. The molecule has 0 radical (unpaired) electrons. The smallest absolute Gasteiger partial charge is 0.251 e. The lowest BCUT2D eigenvalue weighted by atomic mass is 10.1. The first-order valence-electron chi connectivity index (χ1n) is 5.17. The number of benzene rings is 1. The number of hydrogen-bond acceptors (Lipinski definition) is 1. The van der Waals surface area contributed by atoms with Crippen molar-refractivity contribution in [3.05, 3.63) is 35.6 Å². The number of halogens is 2. The van der Waals surface area contributed by atoms with Crippen LogP contribution in [0.25, 0.3) is 0 Å². The van der Waals surface area contributed by atoms with E-state index in [1.165, 1.54) is 18.2 Å². The summed E-state index contributed by atoms with van der Waals surface area (Å²) in [6.45, 7) is 4.05. The third-order valence-corrected chi connectivity index (χ3v) is 3.07. The number of carbonyl (C=O) groups excluding carboxylic acids is 1. The van der Waals surface area contributed by atoms with Crippen molar-refractivity contribution in [3.63, 3.8) is 0 Å². The van der Waals surface area contributed by atoms with Crippen LogP contribution in [0.2, 0.25) is 0 Å². The average molecular weight is 288 g/mol. The molecule has 0 aliphatic rings. The molecule has 1 unspecified atom stereocenters. The maximum atomic E-state index is 12.9. The van der Waals surface area contributed by atoms with Crippen molar-refractivity contribution in [2.45, 2.75) is 19.9 Å². The predicted octanol–water partition coefficient (Wildman–Crippen LogP) is 2.98. The molecule has 0 aliphatic heterocycles. The van der Waals surface area contributed by atoms with Crippen molar-refractivity contribution in [2.75, 3.05) is 5.33 Å². The molecule has 16 heavy (non-hydrogen) atoms. The maximum absolute atomic E-state index is 12.9. The number of amides is 1. The number of hydrogen-bond donors (Lipinski definition) is 1. The van der Waals surface area contributed by atoms with Crippen LogP contribution >= 0.6 is 15.9 Å². The van der Waals surface area contributed by atoms with E-state index >= 15 is 0 Å². The summed E-state index contributed by atoms with van der Waals surface area (Å²) in [5.41, 5.74) is 0.353. The number of alkyl halides is 1. The molecule has 0 spiro atoms. The van der Waals surface area contributed by atoms with Crippen LogP contribution in [0.4, 0.5) is 4.39 Å². The Balaban J connectivity index is 2.72. The molecule has 1 atom stereocenters. The lowest BCUT2D eigenvalue weighted by molar-refractivity contribution is 0.0931. The first-order valence-corrected chi connectivity index (χ1v) is 6.29. The summed E-state index contributed by atoms with van der Waals surface area (Å²) in [4.78, 5) is 11.8. The second kappa shape index (κ2) is 5.99. The topological polar surface area (TPSA) is 29.1 Å². The Labute approximate surface area is 103 Å². The Kier molecular flexibility index (Phi) is 4.93. The van der Waals surface area contributed by atoms with E-state index in [9.17, 15) is 9.18 Å². The van der Waals surface area contributed by atoms with Gasteiger partial charge in [0.25, 0.3) is 5.91 Å². The van der Waals surface area contributed by atoms with Crippen molar-refractivity contribution in [3.8, 4) is 0 Å². The molecule has 1 aromatic carbocycles. The molecule has 88 valence electrons. The molecule has 0 saturated carbocycles. The Morgan fingerprint density at radius 2 is 2.19 bits per heavy atom.